The molecule has 4 heteroatoms. The molecule has 1 rings (SSSR count). The fourth-order valence-corrected chi connectivity index (χ4v) is 1.22. The lowest BCUT2D eigenvalue weighted by molar-refractivity contribution is 0.904. The van der Waals surface area contributed by atoms with Crippen LogP contribution >= 0.6 is 22.6 Å². The Morgan fingerprint density at radius 2 is 2.44 bits per heavy atom. The normalized spacial score (nSPS) is 24.1. The van der Waals surface area contributed by atoms with Gasteiger partial charge < -0.3 is 11.5 Å². The molecule has 4 N–H and O–H groups in total. The summed E-state index contributed by atoms with van der Waals surface area (Å²) < 4.78 is 0.518. The third-order valence-electron chi connectivity index (χ3n) is 1.11. The van der Waals surface area contributed by atoms with Gasteiger partial charge in [-0.15, -0.1) is 0 Å². The lowest BCUT2D eigenvalue weighted by atomic mass is 10.1. The summed E-state index contributed by atoms with van der Waals surface area (Å²) in [5.74, 6) is 0.155. The molecule has 1 aliphatic rings. The van der Waals surface area contributed by atoms with Gasteiger partial charge in [0, 0.05) is 0 Å². The van der Waals surface area contributed by atoms with Crippen LogP contribution in [0.25, 0.3) is 0 Å². The van der Waals surface area contributed by atoms with Crippen LogP contribution in [0.1, 0.15) is 6.42 Å². The second-order valence-electron chi connectivity index (χ2n) is 1.87. The molecule has 0 fully saturated rings. The summed E-state index contributed by atoms with van der Waals surface area (Å²) in [4.78, 5) is 3.89. The first-order chi connectivity index (χ1) is 4.20. The van der Waals surface area contributed by atoms with Gasteiger partial charge in [0.05, 0.1) is 9.62 Å². The third kappa shape index (κ3) is 1.57. The first kappa shape index (κ1) is 6.85. The van der Waals surface area contributed by atoms with Crippen LogP contribution in [-0.4, -0.2) is 9.88 Å². The molecular weight excluding hydrogens is 229 g/mol. The molecule has 0 aromatic heterocycles. The minimum absolute atomic E-state index is 0.155. The molecule has 0 amide bonds. The van der Waals surface area contributed by atoms with Gasteiger partial charge in [0.25, 0.3) is 0 Å². The molecule has 0 heterocycles. The van der Waals surface area contributed by atoms with E-state index in [1.54, 1.807) is 0 Å². The molecule has 0 saturated carbocycles. The van der Waals surface area contributed by atoms with Crippen molar-refractivity contribution in [2.75, 3.05) is 0 Å². The number of halogens is 1. The van der Waals surface area contributed by atoms with Crippen LogP contribution in [-0.2, 0) is 0 Å². The topological polar surface area (TPSA) is 64.4 Å². The van der Waals surface area contributed by atoms with Gasteiger partial charge in [-0.3, -0.25) is 0 Å². The molecule has 50 valence electrons. The van der Waals surface area contributed by atoms with Crippen LogP contribution < -0.4 is 11.5 Å². The van der Waals surface area contributed by atoms with Crippen LogP contribution in [0.2, 0.25) is 0 Å². The number of aliphatic imine (C=N–C) groups is 1. The number of nitrogens with two attached hydrogens (primary N) is 2. The Bertz CT molecular complexity index is 169. The summed E-state index contributed by atoms with van der Waals surface area (Å²) in [5.41, 5.74) is 11.3. The maximum atomic E-state index is 5.15. The first-order valence-corrected chi connectivity index (χ1v) is 3.88. The Kier molecular flexibility index (Phi) is 1.94. The zero-order valence-corrected chi connectivity index (χ0v) is 7.00. The predicted octanol–water partition coefficient (Wildman–Crippen LogP) is 0.351. The fourth-order valence-electron chi connectivity index (χ4n) is 0.577. The maximum Gasteiger partial charge on any atom is 0.190 e. The quantitative estimate of drug-likeness (QED) is 0.299. The molecule has 3 nitrogen and oxygen atoms in total. The monoisotopic (exact) mass is 237 g/mol. The Morgan fingerprint density at radius 1 is 1.78 bits per heavy atom. The highest BCUT2D eigenvalue weighted by Crippen LogP contribution is 2.27. The average molecular weight is 237 g/mol. The molecule has 0 saturated heterocycles. The van der Waals surface area contributed by atoms with E-state index in [-0.39, 0.29) is 5.96 Å². The second kappa shape index (κ2) is 2.55. The summed E-state index contributed by atoms with van der Waals surface area (Å²) in [5, 5.41) is 0. The van der Waals surface area contributed by atoms with Crippen LogP contribution in [0.15, 0.2) is 16.8 Å². The minimum Gasteiger partial charge on any atom is -0.370 e. The molecule has 0 aromatic carbocycles. The number of nitrogens with zero attached hydrogens (tertiary/aromatic N) is 1. The summed E-state index contributed by atoms with van der Waals surface area (Å²) in [7, 11) is 0. The van der Waals surface area contributed by atoms with Crippen molar-refractivity contribution in [1.29, 1.82) is 0 Å². The highest BCUT2D eigenvalue weighted by atomic mass is 127. The number of allylic oxidation sites excluding steroid dienone is 2. The second-order valence-corrected chi connectivity index (χ2v) is 3.37. The summed E-state index contributed by atoms with van der Waals surface area (Å²) in [6.45, 7) is 0. The summed E-state index contributed by atoms with van der Waals surface area (Å²) in [6.07, 6.45) is 3.11. The van der Waals surface area contributed by atoms with Crippen molar-refractivity contribution in [1.82, 2.24) is 0 Å². The molecule has 0 aliphatic heterocycles. The predicted molar refractivity (Wildman–Crippen MR) is 46.3 cm³/mol. The maximum absolute atomic E-state index is 5.15. The Hall–Kier alpha value is -0.260. The van der Waals surface area contributed by atoms with Crippen molar-refractivity contribution < 1.29 is 0 Å². The van der Waals surface area contributed by atoms with E-state index in [4.69, 9.17) is 11.5 Å². The highest BCUT2D eigenvalue weighted by Gasteiger charge is 2.16. The smallest absolute Gasteiger partial charge is 0.190 e. The molecule has 1 unspecified atom stereocenters. The van der Waals surface area contributed by atoms with Gasteiger partial charge >= 0.3 is 0 Å². The zero-order valence-electron chi connectivity index (χ0n) is 4.84. The van der Waals surface area contributed by atoms with Gasteiger partial charge in [-0.25, -0.2) is 4.99 Å². The highest BCUT2D eigenvalue weighted by molar-refractivity contribution is 14.1. The van der Waals surface area contributed by atoms with Gasteiger partial charge in [0.15, 0.2) is 5.96 Å². The van der Waals surface area contributed by atoms with E-state index < -0.39 is 0 Å². The van der Waals surface area contributed by atoms with Crippen molar-refractivity contribution in [3.05, 3.63) is 11.8 Å². The van der Waals surface area contributed by atoms with E-state index in [1.807, 2.05) is 6.08 Å². The molecular formula is C5H8IN3. The Morgan fingerprint density at radius 3 is 2.56 bits per heavy atom. The van der Waals surface area contributed by atoms with E-state index in [0.29, 0.717) is 3.92 Å². The van der Waals surface area contributed by atoms with Gasteiger partial charge in [0.2, 0.25) is 0 Å². The number of hydrogen-bond donors (Lipinski definition) is 2. The van der Waals surface area contributed by atoms with Crippen LogP contribution in [0.3, 0.4) is 0 Å². The number of guanidine groups is 1. The van der Waals surface area contributed by atoms with Crippen molar-refractivity contribution in [3.8, 4) is 0 Å². The molecule has 0 spiro atoms. The standard InChI is InChI=1S/C5H8IN3/c6-3-1-2-4(3)9-5(7)8/h2-3H,1H2,(H4,7,8,9). The van der Waals surface area contributed by atoms with Gasteiger partial charge in [-0.1, -0.05) is 28.7 Å². The fraction of sp³-hybridized carbons (Fsp3) is 0.400. The molecule has 0 radical (unpaired) electrons. The third-order valence-corrected chi connectivity index (χ3v) is 2.26. The lowest BCUT2D eigenvalue weighted by Crippen LogP contribution is -2.24. The zero-order chi connectivity index (χ0) is 6.85. The largest absolute Gasteiger partial charge is 0.370 e. The molecule has 1 aliphatic carbocycles. The Labute approximate surface area is 67.3 Å². The minimum atomic E-state index is 0.155. The molecule has 0 aromatic rings. The van der Waals surface area contributed by atoms with Crippen molar-refractivity contribution in [2.45, 2.75) is 10.3 Å². The average Bonchev–Trinajstić information content (AvgIpc) is 1.79. The number of hydrogen-bond acceptors (Lipinski definition) is 1. The van der Waals surface area contributed by atoms with E-state index in [1.165, 1.54) is 0 Å². The summed E-state index contributed by atoms with van der Waals surface area (Å²) >= 11 is 2.30. The van der Waals surface area contributed by atoms with E-state index >= 15 is 0 Å². The van der Waals surface area contributed by atoms with Crippen molar-refractivity contribution in [2.24, 2.45) is 16.5 Å². The van der Waals surface area contributed by atoms with Gasteiger partial charge in [-0.2, -0.15) is 0 Å². The van der Waals surface area contributed by atoms with Crippen LogP contribution in [0, 0.1) is 0 Å². The van der Waals surface area contributed by atoms with Gasteiger partial charge in [0.1, 0.15) is 0 Å². The van der Waals surface area contributed by atoms with Crippen LogP contribution in [0.5, 0.6) is 0 Å². The number of rotatable bonds is 1. The van der Waals surface area contributed by atoms with Crippen molar-refractivity contribution >= 4 is 28.6 Å². The van der Waals surface area contributed by atoms with E-state index in [2.05, 4.69) is 27.6 Å². The van der Waals surface area contributed by atoms with Crippen molar-refractivity contribution in [3.63, 3.8) is 0 Å². The SMILES string of the molecule is NC(N)=NC1=CCC1I. The lowest BCUT2D eigenvalue weighted by Gasteiger charge is -2.16. The molecule has 9 heavy (non-hydrogen) atoms. The van der Waals surface area contributed by atoms with E-state index in [9.17, 15) is 0 Å². The molecule has 1 atom stereocenters. The molecule has 0 bridgehead atoms. The van der Waals surface area contributed by atoms with E-state index in [0.717, 1.165) is 12.1 Å². The Balaban J connectivity index is 2.56. The first-order valence-electron chi connectivity index (χ1n) is 2.64. The number of alkyl halides is 1. The van der Waals surface area contributed by atoms with Gasteiger partial charge in [-0.05, 0) is 6.42 Å². The summed E-state index contributed by atoms with van der Waals surface area (Å²) in [6, 6.07) is 0. The van der Waals surface area contributed by atoms with Crippen LogP contribution in [0.4, 0.5) is 0 Å².